The van der Waals surface area contributed by atoms with Crippen molar-refractivity contribution in [3.05, 3.63) is 40.9 Å². The fourth-order valence-electron chi connectivity index (χ4n) is 1.66. The van der Waals surface area contributed by atoms with Crippen LogP contribution >= 0.6 is 11.6 Å². The summed E-state index contributed by atoms with van der Waals surface area (Å²) >= 11 is 6.20. The third kappa shape index (κ3) is 4.35. The Kier molecular flexibility index (Phi) is 4.67. The van der Waals surface area contributed by atoms with E-state index in [1.165, 1.54) is 18.4 Å². The van der Waals surface area contributed by atoms with E-state index in [1.807, 2.05) is 19.1 Å². The van der Waals surface area contributed by atoms with Gasteiger partial charge in [0.25, 0.3) is 0 Å². The van der Waals surface area contributed by atoms with Gasteiger partial charge in [0.1, 0.15) is 5.75 Å². The summed E-state index contributed by atoms with van der Waals surface area (Å²) in [5.74, 6) is 0.757. The number of ether oxygens (including phenoxy) is 1. The van der Waals surface area contributed by atoms with E-state index in [1.54, 1.807) is 0 Å². The lowest BCUT2D eigenvalue weighted by Crippen LogP contribution is -2.15. The third-order valence-corrected chi connectivity index (χ3v) is 3.25. The van der Waals surface area contributed by atoms with Crippen LogP contribution in [0.1, 0.15) is 31.7 Å². The molecule has 1 fully saturated rings. The smallest absolute Gasteiger partial charge is 0.137 e. The fraction of sp³-hybridized carbons (Fsp3) is 0.467. The summed E-state index contributed by atoms with van der Waals surface area (Å²) in [6, 6.07) is 6.71. The molecule has 2 rings (SSSR count). The Labute approximate surface area is 114 Å². The zero-order valence-electron chi connectivity index (χ0n) is 10.8. The molecule has 0 radical (unpaired) electrons. The van der Waals surface area contributed by atoms with Crippen molar-refractivity contribution in [3.63, 3.8) is 0 Å². The number of halogens is 1. The van der Waals surface area contributed by atoms with Crippen LogP contribution in [0, 0.1) is 0 Å². The number of nitrogens with one attached hydrogen (secondary N) is 1. The zero-order valence-corrected chi connectivity index (χ0v) is 11.6. The molecule has 1 aromatic rings. The summed E-state index contributed by atoms with van der Waals surface area (Å²) in [7, 11) is 0. The Morgan fingerprint density at radius 1 is 1.50 bits per heavy atom. The molecule has 2 nitrogen and oxygen atoms in total. The molecule has 98 valence electrons. The highest BCUT2D eigenvalue weighted by Gasteiger charge is 2.19. The van der Waals surface area contributed by atoms with E-state index >= 15 is 0 Å². The predicted octanol–water partition coefficient (Wildman–Crippen LogP) is 3.94. The molecule has 1 aliphatic carbocycles. The molecule has 1 aliphatic rings. The molecular formula is C15H20ClNO. The van der Waals surface area contributed by atoms with Gasteiger partial charge in [-0.3, -0.25) is 0 Å². The highest BCUT2D eigenvalue weighted by Crippen LogP contribution is 2.26. The second-order valence-electron chi connectivity index (χ2n) is 4.98. The summed E-state index contributed by atoms with van der Waals surface area (Å²) in [6.07, 6.45) is 3.47. The molecule has 0 saturated heterocycles. The molecule has 0 atom stereocenters. The zero-order chi connectivity index (χ0) is 13.0. The standard InChI is InChI=1S/C15H20ClNO/c1-11(2)7-8-18-15-6-3-12(9-14(15)16)10-17-13-4-5-13/h3,6,9,13,17H,1,4-5,7-8,10H2,2H3. The predicted molar refractivity (Wildman–Crippen MR) is 76.2 cm³/mol. The van der Waals surface area contributed by atoms with E-state index in [0.29, 0.717) is 11.6 Å². The van der Waals surface area contributed by atoms with Crippen LogP contribution in [0.3, 0.4) is 0 Å². The number of hydrogen-bond acceptors (Lipinski definition) is 2. The molecule has 1 N–H and O–H groups in total. The van der Waals surface area contributed by atoms with E-state index in [9.17, 15) is 0 Å². The molecule has 0 aromatic heterocycles. The lowest BCUT2D eigenvalue weighted by atomic mass is 10.2. The largest absolute Gasteiger partial charge is 0.492 e. The molecule has 0 spiro atoms. The van der Waals surface area contributed by atoms with Gasteiger partial charge in [-0.25, -0.2) is 0 Å². The SMILES string of the molecule is C=C(C)CCOc1ccc(CNC2CC2)cc1Cl. The van der Waals surface area contributed by atoms with Gasteiger partial charge in [-0.15, -0.1) is 6.58 Å². The highest BCUT2D eigenvalue weighted by molar-refractivity contribution is 6.32. The summed E-state index contributed by atoms with van der Waals surface area (Å²) in [5, 5.41) is 4.15. The minimum absolute atomic E-state index is 0.634. The first kappa shape index (κ1) is 13.4. The van der Waals surface area contributed by atoms with Gasteiger partial charge in [-0.05, 0) is 37.5 Å². The molecule has 0 amide bonds. The van der Waals surface area contributed by atoms with Crippen molar-refractivity contribution in [2.75, 3.05) is 6.61 Å². The van der Waals surface area contributed by atoms with Crippen molar-refractivity contribution in [2.45, 2.75) is 38.8 Å². The normalized spacial score (nSPS) is 14.6. The Bertz CT molecular complexity index is 427. The number of benzene rings is 1. The van der Waals surface area contributed by atoms with Gasteiger partial charge in [-0.1, -0.05) is 23.2 Å². The molecule has 0 heterocycles. The minimum Gasteiger partial charge on any atom is -0.492 e. The van der Waals surface area contributed by atoms with Crippen molar-refractivity contribution in [2.24, 2.45) is 0 Å². The minimum atomic E-state index is 0.634. The van der Waals surface area contributed by atoms with Gasteiger partial charge in [-0.2, -0.15) is 0 Å². The maximum absolute atomic E-state index is 6.20. The Balaban J connectivity index is 1.85. The van der Waals surface area contributed by atoms with Gasteiger partial charge >= 0.3 is 0 Å². The van der Waals surface area contributed by atoms with E-state index in [2.05, 4.69) is 18.0 Å². The van der Waals surface area contributed by atoms with E-state index in [0.717, 1.165) is 30.3 Å². The number of hydrogen-bond donors (Lipinski definition) is 1. The van der Waals surface area contributed by atoms with Crippen molar-refractivity contribution in [1.82, 2.24) is 5.32 Å². The molecule has 3 heteroatoms. The van der Waals surface area contributed by atoms with E-state index in [4.69, 9.17) is 16.3 Å². The van der Waals surface area contributed by atoms with Crippen LogP contribution in [-0.4, -0.2) is 12.6 Å². The quantitative estimate of drug-likeness (QED) is 0.754. The van der Waals surface area contributed by atoms with Crippen molar-refractivity contribution >= 4 is 11.6 Å². The molecular weight excluding hydrogens is 246 g/mol. The average molecular weight is 266 g/mol. The van der Waals surface area contributed by atoms with E-state index < -0.39 is 0 Å². The first-order valence-electron chi connectivity index (χ1n) is 6.44. The van der Waals surface area contributed by atoms with Crippen molar-refractivity contribution < 1.29 is 4.74 Å². The molecule has 0 bridgehead atoms. The summed E-state index contributed by atoms with van der Waals surface area (Å²) in [5.41, 5.74) is 2.33. The van der Waals surface area contributed by atoms with Crippen LogP contribution in [0.4, 0.5) is 0 Å². The maximum atomic E-state index is 6.20. The third-order valence-electron chi connectivity index (χ3n) is 2.95. The lowest BCUT2D eigenvalue weighted by molar-refractivity contribution is 0.322. The maximum Gasteiger partial charge on any atom is 0.137 e. The van der Waals surface area contributed by atoms with Crippen LogP contribution in [0.5, 0.6) is 5.75 Å². The second-order valence-corrected chi connectivity index (χ2v) is 5.38. The molecule has 1 aromatic carbocycles. The van der Waals surface area contributed by atoms with Crippen LogP contribution < -0.4 is 10.1 Å². The van der Waals surface area contributed by atoms with Crippen molar-refractivity contribution in [1.29, 1.82) is 0 Å². The summed E-state index contributed by atoms with van der Waals surface area (Å²) in [4.78, 5) is 0. The number of rotatable bonds is 7. The summed E-state index contributed by atoms with van der Waals surface area (Å²) in [6.45, 7) is 7.36. The lowest BCUT2D eigenvalue weighted by Gasteiger charge is -2.10. The van der Waals surface area contributed by atoms with Crippen LogP contribution in [-0.2, 0) is 6.54 Å². The van der Waals surface area contributed by atoms with Crippen molar-refractivity contribution in [3.8, 4) is 5.75 Å². The molecule has 18 heavy (non-hydrogen) atoms. The Hall–Kier alpha value is -0.990. The molecule has 1 saturated carbocycles. The second kappa shape index (κ2) is 6.26. The Morgan fingerprint density at radius 2 is 2.28 bits per heavy atom. The summed E-state index contributed by atoms with van der Waals surface area (Å²) < 4.78 is 5.63. The van der Waals surface area contributed by atoms with E-state index in [-0.39, 0.29) is 0 Å². The van der Waals surface area contributed by atoms with Gasteiger partial charge < -0.3 is 10.1 Å². The fourth-order valence-corrected chi connectivity index (χ4v) is 1.91. The van der Waals surface area contributed by atoms with Crippen LogP contribution in [0.15, 0.2) is 30.4 Å². The average Bonchev–Trinajstić information content (AvgIpc) is 3.12. The van der Waals surface area contributed by atoms with Gasteiger partial charge in [0.15, 0.2) is 0 Å². The van der Waals surface area contributed by atoms with Crippen LogP contribution in [0.25, 0.3) is 0 Å². The van der Waals surface area contributed by atoms with Crippen LogP contribution in [0.2, 0.25) is 5.02 Å². The Morgan fingerprint density at radius 3 is 2.89 bits per heavy atom. The van der Waals surface area contributed by atoms with Gasteiger partial charge in [0, 0.05) is 19.0 Å². The van der Waals surface area contributed by atoms with Gasteiger partial charge in [0.05, 0.1) is 11.6 Å². The van der Waals surface area contributed by atoms with Gasteiger partial charge in [0.2, 0.25) is 0 Å². The topological polar surface area (TPSA) is 21.3 Å². The molecule has 0 aliphatic heterocycles. The first-order chi connectivity index (χ1) is 8.65. The highest BCUT2D eigenvalue weighted by atomic mass is 35.5. The first-order valence-corrected chi connectivity index (χ1v) is 6.82. The molecule has 0 unspecified atom stereocenters. The monoisotopic (exact) mass is 265 g/mol.